The standard InChI is InChI=1S/C17H19N3O5S/c1-10(26-17-18-11(9-24-2)8-14(21)20-17)15(22)19-13-7-5-4-6-12(13)16(23)25-3/h4-8,10H,9H2,1-3H3,(H,19,22)(H,18,20,21). The summed E-state index contributed by atoms with van der Waals surface area (Å²) in [5.41, 5.74) is 0.765. The van der Waals surface area contributed by atoms with Crippen LogP contribution in [0.2, 0.25) is 0 Å². The van der Waals surface area contributed by atoms with Crippen molar-refractivity contribution in [3.05, 3.63) is 51.9 Å². The van der Waals surface area contributed by atoms with Gasteiger partial charge in [-0.2, -0.15) is 0 Å². The summed E-state index contributed by atoms with van der Waals surface area (Å²) in [4.78, 5) is 42.7. The number of methoxy groups -OCH3 is 2. The summed E-state index contributed by atoms with van der Waals surface area (Å²) < 4.78 is 9.67. The van der Waals surface area contributed by atoms with Crippen molar-refractivity contribution in [2.75, 3.05) is 19.5 Å². The first-order valence-electron chi connectivity index (χ1n) is 7.68. The fourth-order valence-corrected chi connectivity index (χ4v) is 2.93. The molecule has 2 N–H and O–H groups in total. The van der Waals surface area contributed by atoms with Gasteiger partial charge in [0.05, 0.1) is 35.9 Å². The first-order chi connectivity index (χ1) is 12.4. The molecule has 1 heterocycles. The molecule has 0 saturated carbocycles. The van der Waals surface area contributed by atoms with E-state index in [0.29, 0.717) is 16.5 Å². The van der Waals surface area contributed by atoms with E-state index in [1.807, 2.05) is 0 Å². The van der Waals surface area contributed by atoms with E-state index >= 15 is 0 Å². The van der Waals surface area contributed by atoms with Crippen LogP contribution in [0.15, 0.2) is 40.3 Å². The van der Waals surface area contributed by atoms with Crippen LogP contribution in [0.25, 0.3) is 0 Å². The highest BCUT2D eigenvalue weighted by Crippen LogP contribution is 2.22. The molecule has 0 aliphatic heterocycles. The molecule has 0 aliphatic rings. The van der Waals surface area contributed by atoms with E-state index in [-0.39, 0.29) is 23.6 Å². The minimum Gasteiger partial charge on any atom is -0.465 e. The van der Waals surface area contributed by atoms with E-state index < -0.39 is 11.2 Å². The van der Waals surface area contributed by atoms with Crippen LogP contribution in [0.5, 0.6) is 0 Å². The molecule has 1 aromatic heterocycles. The van der Waals surface area contributed by atoms with Crippen LogP contribution in [-0.2, 0) is 20.9 Å². The first-order valence-corrected chi connectivity index (χ1v) is 8.56. The smallest absolute Gasteiger partial charge is 0.339 e. The number of para-hydroxylation sites is 1. The Kier molecular flexibility index (Phi) is 6.93. The monoisotopic (exact) mass is 377 g/mol. The van der Waals surface area contributed by atoms with Crippen LogP contribution in [0.1, 0.15) is 23.0 Å². The number of hydrogen-bond donors (Lipinski definition) is 2. The fraction of sp³-hybridized carbons (Fsp3) is 0.294. The minimum absolute atomic E-state index is 0.199. The highest BCUT2D eigenvalue weighted by atomic mass is 32.2. The van der Waals surface area contributed by atoms with Crippen LogP contribution in [0.4, 0.5) is 5.69 Å². The van der Waals surface area contributed by atoms with Gasteiger partial charge in [0.25, 0.3) is 5.56 Å². The lowest BCUT2D eigenvalue weighted by atomic mass is 10.2. The van der Waals surface area contributed by atoms with Gasteiger partial charge in [-0.3, -0.25) is 9.59 Å². The first kappa shape index (κ1) is 19.7. The molecule has 0 bridgehead atoms. The Bertz CT molecular complexity index is 852. The molecule has 1 amide bonds. The molecule has 138 valence electrons. The molecular weight excluding hydrogens is 358 g/mol. The Labute approximate surface area is 154 Å². The molecule has 1 aromatic carbocycles. The number of amides is 1. The SMILES string of the molecule is COCc1cc(=O)[nH]c(SC(C)C(=O)Nc2ccccc2C(=O)OC)n1. The third-order valence-electron chi connectivity index (χ3n) is 3.31. The molecule has 0 radical (unpaired) electrons. The summed E-state index contributed by atoms with van der Waals surface area (Å²) in [6.45, 7) is 1.87. The number of carbonyl (C=O) groups excluding carboxylic acids is 2. The Morgan fingerprint density at radius 3 is 2.73 bits per heavy atom. The highest BCUT2D eigenvalue weighted by molar-refractivity contribution is 8.00. The third-order valence-corrected chi connectivity index (χ3v) is 4.30. The Morgan fingerprint density at radius 2 is 2.04 bits per heavy atom. The predicted molar refractivity (Wildman–Crippen MR) is 97.3 cm³/mol. The van der Waals surface area contributed by atoms with Gasteiger partial charge in [0.1, 0.15) is 0 Å². The van der Waals surface area contributed by atoms with Gasteiger partial charge in [-0.25, -0.2) is 9.78 Å². The van der Waals surface area contributed by atoms with Crippen LogP contribution in [-0.4, -0.2) is 41.3 Å². The van der Waals surface area contributed by atoms with E-state index in [4.69, 9.17) is 9.47 Å². The second kappa shape index (κ2) is 9.16. The average Bonchev–Trinajstić information content (AvgIpc) is 2.61. The fourth-order valence-electron chi connectivity index (χ4n) is 2.10. The molecule has 8 nitrogen and oxygen atoms in total. The zero-order valence-corrected chi connectivity index (χ0v) is 15.4. The lowest BCUT2D eigenvalue weighted by Gasteiger charge is -2.13. The molecule has 0 fully saturated rings. The molecule has 26 heavy (non-hydrogen) atoms. The van der Waals surface area contributed by atoms with E-state index in [9.17, 15) is 14.4 Å². The number of aromatic nitrogens is 2. The molecule has 2 aromatic rings. The average molecular weight is 377 g/mol. The van der Waals surface area contributed by atoms with Gasteiger partial charge >= 0.3 is 5.97 Å². The molecule has 0 aliphatic carbocycles. The summed E-state index contributed by atoms with van der Waals surface area (Å²) in [7, 11) is 2.78. The van der Waals surface area contributed by atoms with Gasteiger partial charge in [-0.15, -0.1) is 0 Å². The lowest BCUT2D eigenvalue weighted by molar-refractivity contribution is -0.115. The number of aromatic amines is 1. The van der Waals surface area contributed by atoms with Crippen molar-refractivity contribution < 1.29 is 19.1 Å². The van der Waals surface area contributed by atoms with Crippen molar-refractivity contribution in [2.24, 2.45) is 0 Å². The zero-order valence-electron chi connectivity index (χ0n) is 14.6. The van der Waals surface area contributed by atoms with Crippen LogP contribution < -0.4 is 10.9 Å². The maximum absolute atomic E-state index is 12.4. The summed E-state index contributed by atoms with van der Waals surface area (Å²) in [5, 5.41) is 2.44. The van der Waals surface area contributed by atoms with Gasteiger partial charge in [0.15, 0.2) is 5.16 Å². The number of thioether (sulfide) groups is 1. The van der Waals surface area contributed by atoms with E-state index in [0.717, 1.165) is 11.8 Å². The number of nitrogens with zero attached hydrogens (tertiary/aromatic N) is 1. The molecule has 9 heteroatoms. The maximum Gasteiger partial charge on any atom is 0.339 e. The Hall–Kier alpha value is -2.65. The molecule has 1 atom stereocenters. The highest BCUT2D eigenvalue weighted by Gasteiger charge is 2.19. The summed E-state index contributed by atoms with van der Waals surface area (Å²) >= 11 is 1.09. The molecule has 0 spiro atoms. The summed E-state index contributed by atoms with van der Waals surface area (Å²) in [6.07, 6.45) is 0. The molecule has 2 rings (SSSR count). The predicted octanol–water partition coefficient (Wildman–Crippen LogP) is 1.82. The van der Waals surface area contributed by atoms with Crippen LogP contribution in [0, 0.1) is 0 Å². The van der Waals surface area contributed by atoms with E-state index in [1.54, 1.807) is 31.2 Å². The molecular formula is C17H19N3O5S. The Balaban J connectivity index is 2.12. The normalized spacial score (nSPS) is 11.7. The Morgan fingerprint density at radius 1 is 1.31 bits per heavy atom. The summed E-state index contributed by atoms with van der Waals surface area (Å²) in [5.74, 6) is -0.884. The number of anilines is 1. The number of ether oxygens (including phenoxy) is 2. The van der Waals surface area contributed by atoms with Gasteiger partial charge < -0.3 is 19.8 Å². The van der Waals surface area contributed by atoms with Gasteiger partial charge in [0.2, 0.25) is 5.91 Å². The van der Waals surface area contributed by atoms with Crippen LogP contribution in [0.3, 0.4) is 0 Å². The maximum atomic E-state index is 12.4. The van der Waals surface area contributed by atoms with E-state index in [1.165, 1.54) is 20.3 Å². The number of H-pyrrole nitrogens is 1. The van der Waals surface area contributed by atoms with E-state index in [2.05, 4.69) is 15.3 Å². The lowest BCUT2D eigenvalue weighted by Crippen LogP contribution is -2.24. The minimum atomic E-state index is -0.568. The van der Waals surface area contributed by atoms with Crippen molar-refractivity contribution in [2.45, 2.75) is 23.9 Å². The van der Waals surface area contributed by atoms with Crippen molar-refractivity contribution in [1.82, 2.24) is 9.97 Å². The number of hydrogen-bond acceptors (Lipinski definition) is 7. The number of benzene rings is 1. The van der Waals surface area contributed by atoms with Gasteiger partial charge in [-0.1, -0.05) is 23.9 Å². The van der Waals surface area contributed by atoms with Crippen molar-refractivity contribution in [1.29, 1.82) is 0 Å². The number of carbonyl (C=O) groups is 2. The quantitative estimate of drug-likeness (QED) is 0.430. The topological polar surface area (TPSA) is 110 Å². The number of esters is 1. The van der Waals surface area contributed by atoms with Crippen molar-refractivity contribution in [3.63, 3.8) is 0 Å². The second-order valence-corrected chi connectivity index (χ2v) is 6.59. The molecule has 1 unspecified atom stereocenters. The molecule has 0 saturated heterocycles. The van der Waals surface area contributed by atoms with Crippen molar-refractivity contribution >= 4 is 29.3 Å². The zero-order chi connectivity index (χ0) is 19.1. The van der Waals surface area contributed by atoms with Gasteiger partial charge in [0, 0.05) is 13.2 Å². The summed E-state index contributed by atoms with van der Waals surface area (Å²) in [6, 6.07) is 7.89. The van der Waals surface area contributed by atoms with Crippen molar-refractivity contribution in [3.8, 4) is 0 Å². The largest absolute Gasteiger partial charge is 0.465 e. The third kappa shape index (κ3) is 5.17. The number of nitrogens with one attached hydrogen (secondary N) is 2. The second-order valence-electron chi connectivity index (χ2n) is 5.26. The number of rotatable bonds is 7. The van der Waals surface area contributed by atoms with Gasteiger partial charge in [-0.05, 0) is 19.1 Å². The van der Waals surface area contributed by atoms with Crippen LogP contribution >= 0.6 is 11.8 Å².